The van der Waals surface area contributed by atoms with E-state index < -0.39 is 0 Å². The Morgan fingerprint density at radius 1 is 1.05 bits per heavy atom. The molecular weight excluding hydrogens is 266 g/mol. The Morgan fingerprint density at radius 2 is 1.71 bits per heavy atom. The molecule has 0 radical (unpaired) electrons. The van der Waals surface area contributed by atoms with E-state index in [1.54, 1.807) is 0 Å². The number of amides is 2. The molecule has 0 heterocycles. The number of anilines is 2. The molecule has 116 valence electrons. The number of carbonyl (C=O) groups is 2. The summed E-state index contributed by atoms with van der Waals surface area (Å²) >= 11 is 0. The Bertz CT molecular complexity index is 455. The van der Waals surface area contributed by atoms with Crippen LogP contribution in [0.1, 0.15) is 32.6 Å². The molecule has 0 aromatic heterocycles. The number of hydrogen-bond donors (Lipinski definition) is 2. The second-order valence-corrected chi connectivity index (χ2v) is 5.22. The third-order valence-corrected chi connectivity index (χ3v) is 3.09. The molecule has 0 aliphatic carbocycles. The van der Waals surface area contributed by atoms with Gasteiger partial charge < -0.3 is 15.5 Å². The molecule has 5 nitrogen and oxygen atoms in total. The minimum Gasteiger partial charge on any atom is -0.378 e. The summed E-state index contributed by atoms with van der Waals surface area (Å²) in [5.74, 6) is -0.519. The zero-order chi connectivity index (χ0) is 15.7. The monoisotopic (exact) mass is 291 g/mol. The van der Waals surface area contributed by atoms with E-state index in [2.05, 4.69) is 17.6 Å². The molecule has 2 amide bonds. The molecule has 0 aliphatic rings. The maximum absolute atomic E-state index is 11.7. The van der Waals surface area contributed by atoms with Crippen LogP contribution in [0.4, 0.5) is 11.4 Å². The smallest absolute Gasteiger partial charge is 0.233 e. The lowest BCUT2D eigenvalue weighted by Crippen LogP contribution is -2.28. The Hall–Kier alpha value is -2.04. The number of nitrogens with one attached hydrogen (secondary N) is 2. The highest BCUT2D eigenvalue weighted by Gasteiger charge is 2.09. The van der Waals surface area contributed by atoms with Gasteiger partial charge in [-0.15, -0.1) is 0 Å². The predicted molar refractivity (Wildman–Crippen MR) is 86.6 cm³/mol. The molecule has 0 aliphatic heterocycles. The van der Waals surface area contributed by atoms with Crippen LogP contribution in [0.25, 0.3) is 0 Å². The van der Waals surface area contributed by atoms with E-state index in [1.807, 2.05) is 43.3 Å². The van der Waals surface area contributed by atoms with Gasteiger partial charge in [0.2, 0.25) is 11.8 Å². The molecule has 2 N–H and O–H groups in total. The van der Waals surface area contributed by atoms with Gasteiger partial charge in [0.05, 0.1) is 0 Å². The summed E-state index contributed by atoms with van der Waals surface area (Å²) in [6.07, 6.45) is 3.02. The van der Waals surface area contributed by atoms with Crippen LogP contribution < -0.4 is 15.5 Å². The largest absolute Gasteiger partial charge is 0.378 e. The third-order valence-electron chi connectivity index (χ3n) is 3.09. The third kappa shape index (κ3) is 6.79. The highest BCUT2D eigenvalue weighted by molar-refractivity contribution is 6.03. The summed E-state index contributed by atoms with van der Waals surface area (Å²) < 4.78 is 0. The van der Waals surface area contributed by atoms with Crippen molar-refractivity contribution in [2.75, 3.05) is 30.9 Å². The van der Waals surface area contributed by atoms with Gasteiger partial charge in [-0.1, -0.05) is 19.8 Å². The molecule has 0 saturated heterocycles. The first kappa shape index (κ1) is 17.0. The van der Waals surface area contributed by atoms with E-state index >= 15 is 0 Å². The number of benzene rings is 1. The highest BCUT2D eigenvalue weighted by Crippen LogP contribution is 2.15. The minimum atomic E-state index is -0.291. The SMILES string of the molecule is CCCCCNC(=O)CC(=O)Nc1ccc(N(C)C)cc1. The van der Waals surface area contributed by atoms with Gasteiger partial charge in [0.25, 0.3) is 0 Å². The van der Waals surface area contributed by atoms with Crippen molar-refractivity contribution in [1.82, 2.24) is 5.32 Å². The maximum atomic E-state index is 11.7. The number of unbranched alkanes of at least 4 members (excludes halogenated alkanes) is 2. The van der Waals surface area contributed by atoms with Gasteiger partial charge in [-0.2, -0.15) is 0 Å². The first-order valence-electron chi connectivity index (χ1n) is 7.37. The van der Waals surface area contributed by atoms with Crippen LogP contribution in [0.15, 0.2) is 24.3 Å². The fraction of sp³-hybridized carbons (Fsp3) is 0.500. The fourth-order valence-corrected chi connectivity index (χ4v) is 1.86. The molecule has 0 unspecified atom stereocenters. The van der Waals surface area contributed by atoms with Gasteiger partial charge in [-0.25, -0.2) is 0 Å². The lowest BCUT2D eigenvalue weighted by Gasteiger charge is -2.13. The lowest BCUT2D eigenvalue weighted by atomic mass is 10.2. The minimum absolute atomic E-state index is 0.137. The van der Waals surface area contributed by atoms with Gasteiger partial charge in [0.15, 0.2) is 0 Å². The van der Waals surface area contributed by atoms with Crippen LogP contribution in [0, 0.1) is 0 Å². The second kappa shape index (κ2) is 9.00. The Balaban J connectivity index is 2.34. The van der Waals surface area contributed by atoms with E-state index in [4.69, 9.17) is 0 Å². The van der Waals surface area contributed by atoms with Crippen molar-refractivity contribution in [1.29, 1.82) is 0 Å². The Labute approximate surface area is 126 Å². The van der Waals surface area contributed by atoms with Gasteiger partial charge >= 0.3 is 0 Å². The zero-order valence-corrected chi connectivity index (χ0v) is 13.1. The molecule has 0 atom stereocenters. The molecule has 0 bridgehead atoms. The van der Waals surface area contributed by atoms with E-state index in [1.165, 1.54) is 0 Å². The standard InChI is InChI=1S/C16H25N3O2/c1-4-5-6-11-17-15(20)12-16(21)18-13-7-9-14(10-8-13)19(2)3/h7-10H,4-6,11-12H2,1-3H3,(H,17,20)(H,18,21). The summed E-state index contributed by atoms with van der Waals surface area (Å²) in [6.45, 7) is 2.74. The Kier molecular flexibility index (Phi) is 7.29. The van der Waals surface area contributed by atoms with Crippen LogP contribution in [-0.4, -0.2) is 32.5 Å². The molecular formula is C16H25N3O2. The molecule has 0 saturated carbocycles. The van der Waals surface area contributed by atoms with Crippen LogP contribution >= 0.6 is 0 Å². The normalized spacial score (nSPS) is 10.0. The summed E-state index contributed by atoms with van der Waals surface area (Å²) in [5, 5.41) is 5.47. The van der Waals surface area contributed by atoms with Crippen molar-refractivity contribution in [2.24, 2.45) is 0 Å². The van der Waals surface area contributed by atoms with Crippen molar-refractivity contribution >= 4 is 23.2 Å². The summed E-state index contributed by atoms with van der Waals surface area (Å²) in [5.41, 5.74) is 1.76. The van der Waals surface area contributed by atoms with Crippen molar-refractivity contribution in [3.8, 4) is 0 Å². The fourth-order valence-electron chi connectivity index (χ4n) is 1.86. The van der Waals surface area contributed by atoms with E-state index in [9.17, 15) is 9.59 Å². The molecule has 1 aromatic rings. The zero-order valence-electron chi connectivity index (χ0n) is 13.1. The first-order chi connectivity index (χ1) is 10.0. The van der Waals surface area contributed by atoms with E-state index in [-0.39, 0.29) is 18.2 Å². The van der Waals surface area contributed by atoms with Crippen LogP contribution in [0.5, 0.6) is 0 Å². The topological polar surface area (TPSA) is 61.4 Å². The van der Waals surface area contributed by atoms with Crippen molar-refractivity contribution in [2.45, 2.75) is 32.6 Å². The predicted octanol–water partition coefficient (Wildman–Crippen LogP) is 2.39. The van der Waals surface area contributed by atoms with Crippen LogP contribution in [0.2, 0.25) is 0 Å². The van der Waals surface area contributed by atoms with E-state index in [0.717, 1.165) is 24.9 Å². The summed E-state index contributed by atoms with van der Waals surface area (Å²) in [4.78, 5) is 25.3. The lowest BCUT2D eigenvalue weighted by molar-refractivity contribution is -0.126. The van der Waals surface area contributed by atoms with Gasteiger partial charge in [-0.3, -0.25) is 9.59 Å². The molecule has 21 heavy (non-hydrogen) atoms. The van der Waals surface area contributed by atoms with Crippen molar-refractivity contribution < 1.29 is 9.59 Å². The van der Waals surface area contributed by atoms with Crippen molar-refractivity contribution in [3.63, 3.8) is 0 Å². The molecule has 0 spiro atoms. The summed E-state index contributed by atoms with van der Waals surface area (Å²) in [7, 11) is 3.91. The maximum Gasteiger partial charge on any atom is 0.233 e. The van der Waals surface area contributed by atoms with Crippen molar-refractivity contribution in [3.05, 3.63) is 24.3 Å². The van der Waals surface area contributed by atoms with Gasteiger partial charge in [0, 0.05) is 32.0 Å². The van der Waals surface area contributed by atoms with Gasteiger partial charge in [-0.05, 0) is 30.7 Å². The second-order valence-electron chi connectivity index (χ2n) is 5.22. The van der Waals surface area contributed by atoms with Crippen LogP contribution in [-0.2, 0) is 9.59 Å². The number of nitrogens with zero attached hydrogens (tertiary/aromatic N) is 1. The average molecular weight is 291 g/mol. The van der Waals surface area contributed by atoms with E-state index in [0.29, 0.717) is 12.2 Å². The number of carbonyl (C=O) groups excluding carboxylic acids is 2. The molecule has 1 aromatic carbocycles. The highest BCUT2D eigenvalue weighted by atomic mass is 16.2. The van der Waals surface area contributed by atoms with Gasteiger partial charge in [0.1, 0.15) is 6.42 Å². The first-order valence-corrected chi connectivity index (χ1v) is 7.37. The number of rotatable bonds is 8. The number of hydrogen-bond acceptors (Lipinski definition) is 3. The summed E-state index contributed by atoms with van der Waals surface area (Å²) in [6, 6.07) is 7.49. The molecule has 5 heteroatoms. The average Bonchev–Trinajstić information content (AvgIpc) is 2.44. The molecule has 0 fully saturated rings. The van der Waals surface area contributed by atoms with Crippen LogP contribution in [0.3, 0.4) is 0 Å². The molecule has 1 rings (SSSR count). The Morgan fingerprint density at radius 3 is 2.29 bits per heavy atom. The quantitative estimate of drug-likeness (QED) is 0.571.